The van der Waals surface area contributed by atoms with Crippen molar-refractivity contribution >= 4 is 11.5 Å². The lowest BCUT2D eigenvalue weighted by molar-refractivity contribution is -0.385. The van der Waals surface area contributed by atoms with Crippen LogP contribution >= 0.6 is 0 Å². The molecule has 2 aromatic rings. The molecular weight excluding hydrogens is 272 g/mol. The van der Waals surface area contributed by atoms with Crippen LogP contribution in [0, 0.1) is 17.0 Å². The molecule has 0 aliphatic carbocycles. The van der Waals surface area contributed by atoms with E-state index in [9.17, 15) is 10.1 Å². The molecule has 0 radical (unpaired) electrons. The number of nitrogens with two attached hydrogens (primary N) is 1. The average molecular weight is 288 g/mol. The summed E-state index contributed by atoms with van der Waals surface area (Å²) in [7, 11) is 0. The van der Waals surface area contributed by atoms with E-state index in [2.05, 4.69) is 9.97 Å². The molecule has 0 saturated heterocycles. The molecule has 0 saturated carbocycles. The number of rotatable bonds is 5. The zero-order chi connectivity index (χ0) is 15.4. The molecule has 1 heterocycles. The quantitative estimate of drug-likeness (QED) is 0.669. The third-order valence-corrected chi connectivity index (χ3v) is 2.77. The topological polar surface area (TPSA) is 104 Å². The van der Waals surface area contributed by atoms with Crippen molar-refractivity contribution in [2.75, 3.05) is 5.73 Å². The Morgan fingerprint density at radius 1 is 1.33 bits per heavy atom. The summed E-state index contributed by atoms with van der Waals surface area (Å²) in [5.74, 6) is 1.17. The molecule has 21 heavy (non-hydrogen) atoms. The van der Waals surface area contributed by atoms with Crippen LogP contribution in [0.15, 0.2) is 24.3 Å². The van der Waals surface area contributed by atoms with Crippen LogP contribution in [0.4, 0.5) is 11.5 Å². The molecule has 0 amide bonds. The SMILES string of the molecule is CCCc1nc(N)cc(Oc2ccc(C)cc2[N+](=O)[O-])n1. The molecule has 2 rings (SSSR count). The van der Waals surface area contributed by atoms with Gasteiger partial charge in [-0.25, -0.2) is 4.98 Å². The van der Waals surface area contributed by atoms with E-state index in [1.807, 2.05) is 6.92 Å². The second-order valence-electron chi connectivity index (χ2n) is 4.63. The van der Waals surface area contributed by atoms with Crippen LogP contribution in [0.1, 0.15) is 24.7 Å². The fourth-order valence-electron chi connectivity index (χ4n) is 1.85. The van der Waals surface area contributed by atoms with Gasteiger partial charge < -0.3 is 10.5 Å². The van der Waals surface area contributed by atoms with Gasteiger partial charge in [-0.2, -0.15) is 4.98 Å². The second kappa shape index (κ2) is 6.17. The number of benzene rings is 1. The molecule has 7 nitrogen and oxygen atoms in total. The minimum atomic E-state index is -0.486. The molecule has 0 aliphatic heterocycles. The monoisotopic (exact) mass is 288 g/mol. The molecule has 0 atom stereocenters. The first-order valence-electron chi connectivity index (χ1n) is 6.56. The van der Waals surface area contributed by atoms with Gasteiger partial charge in [-0.05, 0) is 25.0 Å². The Hall–Kier alpha value is -2.70. The van der Waals surface area contributed by atoms with Gasteiger partial charge in [0.15, 0.2) is 0 Å². The zero-order valence-corrected chi connectivity index (χ0v) is 11.9. The largest absolute Gasteiger partial charge is 0.432 e. The van der Waals surface area contributed by atoms with Gasteiger partial charge in [-0.3, -0.25) is 10.1 Å². The second-order valence-corrected chi connectivity index (χ2v) is 4.63. The number of anilines is 1. The van der Waals surface area contributed by atoms with Crippen LogP contribution in [-0.4, -0.2) is 14.9 Å². The number of nitrogen functional groups attached to an aromatic ring is 1. The molecule has 0 aliphatic rings. The van der Waals surface area contributed by atoms with Gasteiger partial charge in [0.2, 0.25) is 11.6 Å². The Balaban J connectivity index is 2.36. The molecule has 110 valence electrons. The predicted octanol–water partition coefficient (Wildman–Crippen LogP) is 3.02. The van der Waals surface area contributed by atoms with E-state index in [1.54, 1.807) is 19.1 Å². The van der Waals surface area contributed by atoms with Gasteiger partial charge in [-0.15, -0.1) is 0 Å². The van der Waals surface area contributed by atoms with E-state index in [1.165, 1.54) is 12.1 Å². The molecule has 7 heteroatoms. The first-order chi connectivity index (χ1) is 9.99. The Morgan fingerprint density at radius 2 is 2.10 bits per heavy atom. The first kappa shape index (κ1) is 14.7. The van der Waals surface area contributed by atoms with E-state index < -0.39 is 4.92 Å². The fraction of sp³-hybridized carbons (Fsp3) is 0.286. The van der Waals surface area contributed by atoms with Crippen LogP contribution in [0.2, 0.25) is 0 Å². The van der Waals surface area contributed by atoms with Crippen LogP contribution in [0.3, 0.4) is 0 Å². The van der Waals surface area contributed by atoms with Crippen LogP contribution in [-0.2, 0) is 6.42 Å². The number of nitrogens with zero attached hydrogens (tertiary/aromatic N) is 3. The summed E-state index contributed by atoms with van der Waals surface area (Å²) in [5.41, 5.74) is 6.37. The van der Waals surface area contributed by atoms with Crippen LogP contribution < -0.4 is 10.5 Å². The highest BCUT2D eigenvalue weighted by Crippen LogP contribution is 2.31. The number of aryl methyl sites for hydroxylation is 2. The van der Waals surface area contributed by atoms with E-state index in [4.69, 9.17) is 10.5 Å². The van der Waals surface area contributed by atoms with Gasteiger partial charge >= 0.3 is 5.69 Å². The third-order valence-electron chi connectivity index (χ3n) is 2.77. The normalized spacial score (nSPS) is 10.4. The number of aromatic nitrogens is 2. The summed E-state index contributed by atoms with van der Waals surface area (Å²) in [6.45, 7) is 3.77. The molecule has 1 aromatic carbocycles. The Bertz CT molecular complexity index is 673. The standard InChI is InChI=1S/C14H16N4O3/c1-3-4-13-16-12(15)8-14(17-13)21-11-6-5-9(2)7-10(11)18(19)20/h5-8H,3-4H2,1-2H3,(H2,15,16,17). The summed E-state index contributed by atoms with van der Waals surface area (Å²) in [6, 6.07) is 6.18. The van der Waals surface area contributed by atoms with Gasteiger partial charge in [0.25, 0.3) is 0 Å². The molecule has 0 unspecified atom stereocenters. The Labute approximate surface area is 121 Å². The van der Waals surface area contributed by atoms with Crippen molar-refractivity contribution in [3.8, 4) is 11.6 Å². The lowest BCUT2D eigenvalue weighted by Gasteiger charge is -2.08. The van der Waals surface area contributed by atoms with Crippen molar-refractivity contribution < 1.29 is 9.66 Å². The highest BCUT2D eigenvalue weighted by molar-refractivity contribution is 5.50. The van der Waals surface area contributed by atoms with E-state index in [0.29, 0.717) is 12.2 Å². The summed E-state index contributed by atoms with van der Waals surface area (Å²) in [6.07, 6.45) is 1.53. The first-order valence-corrected chi connectivity index (χ1v) is 6.56. The number of hydrogen-bond donors (Lipinski definition) is 1. The minimum absolute atomic E-state index is 0.107. The Morgan fingerprint density at radius 3 is 2.76 bits per heavy atom. The summed E-state index contributed by atoms with van der Waals surface area (Å²) < 4.78 is 5.52. The summed E-state index contributed by atoms with van der Waals surface area (Å²) in [5, 5.41) is 11.1. The van der Waals surface area contributed by atoms with E-state index in [0.717, 1.165) is 12.0 Å². The highest BCUT2D eigenvalue weighted by atomic mass is 16.6. The van der Waals surface area contributed by atoms with Gasteiger partial charge in [-0.1, -0.05) is 13.0 Å². The minimum Gasteiger partial charge on any atom is -0.432 e. The van der Waals surface area contributed by atoms with Gasteiger partial charge in [0.05, 0.1) is 4.92 Å². The highest BCUT2D eigenvalue weighted by Gasteiger charge is 2.17. The van der Waals surface area contributed by atoms with Gasteiger partial charge in [0, 0.05) is 18.6 Å². The zero-order valence-electron chi connectivity index (χ0n) is 11.9. The van der Waals surface area contributed by atoms with Crippen molar-refractivity contribution in [3.05, 3.63) is 45.8 Å². The molecule has 0 bridgehead atoms. The van der Waals surface area contributed by atoms with Crippen LogP contribution in [0.5, 0.6) is 11.6 Å². The van der Waals surface area contributed by atoms with Crippen molar-refractivity contribution in [2.24, 2.45) is 0 Å². The molecule has 1 aromatic heterocycles. The van der Waals surface area contributed by atoms with Crippen molar-refractivity contribution in [2.45, 2.75) is 26.7 Å². The smallest absolute Gasteiger partial charge is 0.311 e. The number of ether oxygens (including phenoxy) is 1. The molecule has 2 N–H and O–H groups in total. The third kappa shape index (κ3) is 3.65. The summed E-state index contributed by atoms with van der Waals surface area (Å²) >= 11 is 0. The van der Waals surface area contributed by atoms with E-state index in [-0.39, 0.29) is 23.1 Å². The van der Waals surface area contributed by atoms with Crippen molar-refractivity contribution in [3.63, 3.8) is 0 Å². The van der Waals surface area contributed by atoms with E-state index >= 15 is 0 Å². The van der Waals surface area contributed by atoms with Crippen molar-refractivity contribution in [1.82, 2.24) is 9.97 Å². The number of nitro benzene ring substituents is 1. The maximum atomic E-state index is 11.1. The predicted molar refractivity (Wildman–Crippen MR) is 78.3 cm³/mol. The lowest BCUT2D eigenvalue weighted by Crippen LogP contribution is -2.02. The van der Waals surface area contributed by atoms with Crippen LogP contribution in [0.25, 0.3) is 0 Å². The number of hydrogen-bond acceptors (Lipinski definition) is 6. The number of nitro groups is 1. The molecule has 0 fully saturated rings. The summed E-state index contributed by atoms with van der Waals surface area (Å²) in [4.78, 5) is 18.9. The maximum Gasteiger partial charge on any atom is 0.311 e. The molecule has 0 spiro atoms. The van der Waals surface area contributed by atoms with Gasteiger partial charge in [0.1, 0.15) is 11.6 Å². The lowest BCUT2D eigenvalue weighted by atomic mass is 10.2. The average Bonchev–Trinajstić information content (AvgIpc) is 2.40. The maximum absolute atomic E-state index is 11.1. The fourth-order valence-corrected chi connectivity index (χ4v) is 1.85. The van der Waals surface area contributed by atoms with Crippen molar-refractivity contribution in [1.29, 1.82) is 0 Å². The Kier molecular flexibility index (Phi) is 4.32. The molecular formula is C14H16N4O3.